The average molecular weight is 173 g/mol. The van der Waals surface area contributed by atoms with E-state index in [1.165, 1.54) is 0 Å². The van der Waals surface area contributed by atoms with Crippen molar-refractivity contribution in [3.63, 3.8) is 0 Å². The highest BCUT2D eigenvalue weighted by Crippen LogP contribution is 2.15. The normalized spacial score (nSPS) is 25.3. The van der Waals surface area contributed by atoms with Crippen molar-refractivity contribution in [3.8, 4) is 0 Å². The van der Waals surface area contributed by atoms with Gasteiger partial charge in [-0.05, 0) is 13.3 Å². The average Bonchev–Trinajstić information content (AvgIpc) is 2.56. The van der Waals surface area contributed by atoms with Crippen LogP contribution in [0.15, 0.2) is 0 Å². The molecule has 2 atom stereocenters. The Kier molecular flexibility index (Phi) is 3.49. The second-order valence-corrected chi connectivity index (χ2v) is 3.14. The number of ether oxygens (including phenoxy) is 1. The van der Waals surface area contributed by atoms with E-state index in [0.717, 1.165) is 13.0 Å². The molecule has 0 bridgehead atoms. The Morgan fingerprint density at radius 1 is 1.83 bits per heavy atom. The molecule has 4 heteroatoms. The topological polar surface area (TPSA) is 58.6 Å². The molecule has 1 saturated heterocycles. The molecule has 0 aromatic heterocycles. The highest BCUT2D eigenvalue weighted by atomic mass is 16.5. The van der Waals surface area contributed by atoms with Crippen LogP contribution in [0.3, 0.4) is 0 Å². The van der Waals surface area contributed by atoms with Crippen molar-refractivity contribution in [2.45, 2.75) is 19.4 Å². The van der Waals surface area contributed by atoms with Gasteiger partial charge in [0, 0.05) is 18.6 Å². The first-order chi connectivity index (χ1) is 5.74. The van der Waals surface area contributed by atoms with Gasteiger partial charge >= 0.3 is 0 Å². The van der Waals surface area contributed by atoms with Crippen molar-refractivity contribution in [3.05, 3.63) is 0 Å². The van der Waals surface area contributed by atoms with Crippen molar-refractivity contribution in [1.82, 2.24) is 5.32 Å². The summed E-state index contributed by atoms with van der Waals surface area (Å²) in [5.74, 6) is 0.0925. The Balaban J connectivity index is 2.26. The van der Waals surface area contributed by atoms with Crippen molar-refractivity contribution in [1.29, 1.82) is 0 Å². The van der Waals surface area contributed by atoms with E-state index in [1.807, 2.05) is 6.92 Å². The molecule has 1 aliphatic rings. The molecule has 1 amide bonds. The van der Waals surface area contributed by atoms with Gasteiger partial charge in [-0.3, -0.25) is 4.79 Å². The number of aliphatic hydroxyl groups is 1. The first kappa shape index (κ1) is 9.48. The molecule has 70 valence electrons. The van der Waals surface area contributed by atoms with Crippen LogP contribution in [0.5, 0.6) is 0 Å². The number of hydrogen-bond acceptors (Lipinski definition) is 3. The molecule has 1 rings (SSSR count). The molecule has 0 spiro atoms. The van der Waals surface area contributed by atoms with Gasteiger partial charge in [0.15, 0.2) is 0 Å². The number of nitrogens with one attached hydrogen (secondary N) is 1. The molecule has 0 aromatic rings. The second kappa shape index (κ2) is 4.42. The number of amides is 1. The molecule has 0 saturated carbocycles. The summed E-state index contributed by atoms with van der Waals surface area (Å²) in [4.78, 5) is 10.8. The molecule has 4 nitrogen and oxygen atoms in total. The molecule has 12 heavy (non-hydrogen) atoms. The summed E-state index contributed by atoms with van der Waals surface area (Å²) >= 11 is 0. The van der Waals surface area contributed by atoms with E-state index in [0.29, 0.717) is 12.5 Å². The van der Waals surface area contributed by atoms with Crippen LogP contribution in [0.2, 0.25) is 0 Å². The van der Waals surface area contributed by atoms with E-state index < -0.39 is 6.61 Å². The number of carbonyl (C=O) groups excluding carboxylic acids is 1. The Labute approximate surface area is 71.9 Å². The lowest BCUT2D eigenvalue weighted by Crippen LogP contribution is -2.39. The smallest absolute Gasteiger partial charge is 0.245 e. The lowest BCUT2D eigenvalue weighted by molar-refractivity contribution is -0.124. The largest absolute Gasteiger partial charge is 0.387 e. The number of rotatable bonds is 3. The molecule has 1 heterocycles. The quantitative estimate of drug-likeness (QED) is 0.606. The summed E-state index contributed by atoms with van der Waals surface area (Å²) < 4.78 is 5.18. The van der Waals surface area contributed by atoms with Gasteiger partial charge in [0.05, 0.1) is 6.61 Å². The Morgan fingerprint density at radius 3 is 3.08 bits per heavy atom. The van der Waals surface area contributed by atoms with Gasteiger partial charge in [-0.2, -0.15) is 0 Å². The van der Waals surface area contributed by atoms with E-state index in [4.69, 9.17) is 9.84 Å². The van der Waals surface area contributed by atoms with Gasteiger partial charge in [-0.15, -0.1) is 0 Å². The maximum Gasteiger partial charge on any atom is 0.245 e. The number of hydrogen-bond donors (Lipinski definition) is 2. The van der Waals surface area contributed by atoms with Crippen LogP contribution in [0.1, 0.15) is 13.3 Å². The van der Waals surface area contributed by atoms with Crippen LogP contribution < -0.4 is 5.32 Å². The Morgan fingerprint density at radius 2 is 2.58 bits per heavy atom. The van der Waals surface area contributed by atoms with Crippen LogP contribution in [0, 0.1) is 5.92 Å². The summed E-state index contributed by atoms with van der Waals surface area (Å²) in [7, 11) is 0. The summed E-state index contributed by atoms with van der Waals surface area (Å²) in [6, 6.07) is 0.104. The highest BCUT2D eigenvalue weighted by Gasteiger charge is 2.22. The van der Waals surface area contributed by atoms with Gasteiger partial charge in [-0.25, -0.2) is 0 Å². The third-order valence-electron chi connectivity index (χ3n) is 2.20. The van der Waals surface area contributed by atoms with Crippen molar-refractivity contribution >= 4 is 5.91 Å². The van der Waals surface area contributed by atoms with E-state index in [1.54, 1.807) is 0 Å². The zero-order valence-electron chi connectivity index (χ0n) is 7.25. The molecular formula is C8H15NO3. The van der Waals surface area contributed by atoms with E-state index >= 15 is 0 Å². The zero-order valence-corrected chi connectivity index (χ0v) is 7.25. The van der Waals surface area contributed by atoms with Gasteiger partial charge in [0.25, 0.3) is 0 Å². The number of aliphatic hydroxyl groups excluding tert-OH is 1. The number of carbonyl (C=O) groups is 1. The van der Waals surface area contributed by atoms with E-state index in [9.17, 15) is 4.79 Å². The molecule has 1 fully saturated rings. The molecule has 0 aromatic carbocycles. The fraction of sp³-hybridized carbons (Fsp3) is 0.875. The molecule has 0 radical (unpaired) electrons. The maximum absolute atomic E-state index is 10.8. The summed E-state index contributed by atoms with van der Waals surface area (Å²) in [6.45, 7) is 3.00. The minimum absolute atomic E-state index is 0.104. The lowest BCUT2D eigenvalue weighted by atomic mass is 10.0. The summed E-state index contributed by atoms with van der Waals surface area (Å²) in [5, 5.41) is 11.2. The molecule has 0 aliphatic carbocycles. The Bertz CT molecular complexity index is 154. The first-order valence-electron chi connectivity index (χ1n) is 4.22. The molecular weight excluding hydrogens is 158 g/mol. The van der Waals surface area contributed by atoms with E-state index in [2.05, 4.69) is 5.32 Å². The third-order valence-corrected chi connectivity index (χ3v) is 2.20. The summed E-state index contributed by atoms with van der Waals surface area (Å²) in [6.07, 6.45) is 0.993. The van der Waals surface area contributed by atoms with E-state index in [-0.39, 0.29) is 11.9 Å². The first-order valence-corrected chi connectivity index (χ1v) is 4.22. The van der Waals surface area contributed by atoms with Crippen molar-refractivity contribution in [2.75, 3.05) is 19.8 Å². The van der Waals surface area contributed by atoms with Crippen LogP contribution >= 0.6 is 0 Å². The SMILES string of the molecule is CC(NC(=O)CO)C1CCOC1. The van der Waals surface area contributed by atoms with Crippen molar-refractivity contribution < 1.29 is 14.6 Å². The monoisotopic (exact) mass is 173 g/mol. The maximum atomic E-state index is 10.8. The minimum Gasteiger partial charge on any atom is -0.387 e. The Hall–Kier alpha value is -0.610. The third kappa shape index (κ3) is 2.46. The lowest BCUT2D eigenvalue weighted by Gasteiger charge is -2.18. The van der Waals surface area contributed by atoms with Gasteiger partial charge in [0.1, 0.15) is 6.61 Å². The highest BCUT2D eigenvalue weighted by molar-refractivity contribution is 5.77. The fourth-order valence-electron chi connectivity index (χ4n) is 1.36. The van der Waals surface area contributed by atoms with Crippen LogP contribution in [0.4, 0.5) is 0 Å². The van der Waals surface area contributed by atoms with Gasteiger partial charge < -0.3 is 15.2 Å². The fourth-order valence-corrected chi connectivity index (χ4v) is 1.36. The van der Waals surface area contributed by atoms with Gasteiger partial charge in [0.2, 0.25) is 5.91 Å². The predicted octanol–water partition coefficient (Wildman–Crippen LogP) is -0.480. The van der Waals surface area contributed by atoms with Crippen LogP contribution in [0.25, 0.3) is 0 Å². The standard InChI is InChI=1S/C8H15NO3/c1-6(9-8(11)4-10)7-2-3-12-5-7/h6-7,10H,2-5H2,1H3,(H,9,11). The molecule has 2 N–H and O–H groups in total. The second-order valence-electron chi connectivity index (χ2n) is 3.14. The summed E-state index contributed by atoms with van der Waals surface area (Å²) in [5.41, 5.74) is 0. The van der Waals surface area contributed by atoms with Crippen molar-refractivity contribution in [2.24, 2.45) is 5.92 Å². The molecule has 1 aliphatic heterocycles. The van der Waals surface area contributed by atoms with Gasteiger partial charge in [-0.1, -0.05) is 0 Å². The molecule has 2 unspecified atom stereocenters. The van der Waals surface area contributed by atoms with Crippen LogP contribution in [-0.2, 0) is 9.53 Å². The minimum atomic E-state index is -0.433. The van der Waals surface area contributed by atoms with Crippen LogP contribution in [-0.4, -0.2) is 36.9 Å². The predicted molar refractivity (Wildman–Crippen MR) is 43.6 cm³/mol. The zero-order chi connectivity index (χ0) is 8.97.